The number of primary amides is 1. The van der Waals surface area contributed by atoms with E-state index in [2.05, 4.69) is 16.4 Å². The summed E-state index contributed by atoms with van der Waals surface area (Å²) in [6, 6.07) is 7.01. The van der Waals surface area contributed by atoms with Crippen molar-refractivity contribution in [1.82, 2.24) is 4.98 Å². The Morgan fingerprint density at radius 2 is 2.09 bits per heavy atom. The van der Waals surface area contributed by atoms with Gasteiger partial charge in [0.1, 0.15) is 5.75 Å². The number of allylic oxidation sites excluding steroid dienone is 1. The second-order valence-electron chi connectivity index (χ2n) is 8.51. The third-order valence-corrected chi connectivity index (χ3v) is 6.13. The Hall–Kier alpha value is -3.67. The van der Waals surface area contributed by atoms with Gasteiger partial charge in [-0.15, -0.1) is 0 Å². The molecule has 2 heterocycles. The van der Waals surface area contributed by atoms with Gasteiger partial charge in [0.05, 0.1) is 42.5 Å². The highest BCUT2D eigenvalue weighted by molar-refractivity contribution is 5.98. The van der Waals surface area contributed by atoms with Crippen molar-refractivity contribution in [2.75, 3.05) is 19.0 Å². The first-order valence-electron chi connectivity index (χ1n) is 10.5. The van der Waals surface area contributed by atoms with Crippen LogP contribution in [0.25, 0.3) is 0 Å². The second-order valence-corrected chi connectivity index (χ2v) is 8.51. The van der Waals surface area contributed by atoms with Crippen molar-refractivity contribution in [1.29, 1.82) is 5.26 Å². The molecule has 172 valence electrons. The molecule has 33 heavy (non-hydrogen) atoms. The number of ether oxygens (including phenoxy) is 2. The van der Waals surface area contributed by atoms with Crippen molar-refractivity contribution in [2.45, 2.75) is 38.5 Å². The van der Waals surface area contributed by atoms with E-state index in [1.165, 1.54) is 7.11 Å². The van der Waals surface area contributed by atoms with Gasteiger partial charge in [0.15, 0.2) is 0 Å². The number of nitrogens with zero attached hydrogens (tertiary/aromatic N) is 2. The van der Waals surface area contributed by atoms with E-state index < -0.39 is 17.7 Å². The summed E-state index contributed by atoms with van der Waals surface area (Å²) in [5.41, 5.74) is 9.77. The summed E-state index contributed by atoms with van der Waals surface area (Å²) in [7, 11) is 1.48. The van der Waals surface area contributed by atoms with Gasteiger partial charge in [-0.05, 0) is 31.5 Å². The Morgan fingerprint density at radius 3 is 2.70 bits per heavy atom. The number of alkyl halides is 2. The smallest absolute Gasteiger partial charge is 0.248 e. The van der Waals surface area contributed by atoms with Crippen molar-refractivity contribution < 1.29 is 23.0 Å². The van der Waals surface area contributed by atoms with E-state index in [0.717, 1.165) is 5.56 Å². The predicted octanol–water partition coefficient (Wildman–Crippen LogP) is 4.01. The highest BCUT2D eigenvalue weighted by atomic mass is 19.3. The number of nitrogens with one attached hydrogen (secondary N) is 1. The standard InChI is InChI=1S/C24H24F2N4O3/c1-12-10-29-23(33-11-15-7-24(25,26)8-15)20-19(18(22(28)31)13(2)30-21(12)20)16-5-4-14(9-27)6-17(16)32-3/h4-6,10,15,19,30H,7-8,11H2,1-3H3,(H2,28,31)/t19-/m0/s1. The molecule has 1 aromatic heterocycles. The normalized spacial score (nSPS) is 19.1. The Bertz CT molecular complexity index is 1190. The van der Waals surface area contributed by atoms with Crippen molar-refractivity contribution in [2.24, 2.45) is 11.7 Å². The zero-order valence-electron chi connectivity index (χ0n) is 18.5. The molecule has 2 aromatic rings. The van der Waals surface area contributed by atoms with Gasteiger partial charge in [-0.25, -0.2) is 13.8 Å². The maximum atomic E-state index is 13.3. The number of aromatic nitrogens is 1. The number of nitrogens with two attached hydrogens (primary N) is 1. The first-order chi connectivity index (χ1) is 15.6. The van der Waals surface area contributed by atoms with Crippen molar-refractivity contribution in [3.63, 3.8) is 0 Å². The largest absolute Gasteiger partial charge is 0.496 e. The van der Waals surface area contributed by atoms with Gasteiger partial charge in [-0.1, -0.05) is 6.07 Å². The van der Waals surface area contributed by atoms with Gasteiger partial charge < -0.3 is 20.5 Å². The minimum atomic E-state index is -2.65. The van der Waals surface area contributed by atoms with Gasteiger partial charge in [0, 0.05) is 41.8 Å². The lowest BCUT2D eigenvalue weighted by Gasteiger charge is -2.35. The molecule has 4 rings (SSSR count). The molecule has 1 aliphatic heterocycles. The molecule has 0 spiro atoms. The number of halogens is 2. The molecule has 1 aliphatic carbocycles. The molecule has 3 N–H and O–H groups in total. The van der Waals surface area contributed by atoms with Crippen LogP contribution in [-0.4, -0.2) is 30.5 Å². The summed E-state index contributed by atoms with van der Waals surface area (Å²) in [6.07, 6.45) is 1.18. The molecule has 1 atom stereocenters. The molecule has 9 heteroatoms. The predicted molar refractivity (Wildman–Crippen MR) is 117 cm³/mol. The zero-order valence-corrected chi connectivity index (χ0v) is 18.5. The number of pyridine rings is 1. The van der Waals surface area contributed by atoms with Crippen LogP contribution in [0.1, 0.15) is 47.9 Å². The average Bonchev–Trinajstić information content (AvgIpc) is 2.76. The molecule has 2 aliphatic rings. The maximum absolute atomic E-state index is 13.3. The molecule has 7 nitrogen and oxygen atoms in total. The van der Waals surface area contributed by atoms with Crippen LogP contribution in [0, 0.1) is 24.2 Å². The fourth-order valence-electron chi connectivity index (χ4n) is 4.53. The van der Waals surface area contributed by atoms with Gasteiger partial charge in [-0.2, -0.15) is 5.26 Å². The first-order valence-corrected chi connectivity index (χ1v) is 10.5. The second kappa shape index (κ2) is 8.35. The number of rotatable bonds is 6. The number of anilines is 1. The molecule has 1 amide bonds. The summed E-state index contributed by atoms with van der Waals surface area (Å²) >= 11 is 0. The van der Waals surface area contributed by atoms with Crippen LogP contribution in [0.2, 0.25) is 0 Å². The van der Waals surface area contributed by atoms with Crippen molar-refractivity contribution in [3.05, 3.63) is 57.9 Å². The van der Waals surface area contributed by atoms with E-state index in [1.54, 1.807) is 31.3 Å². The van der Waals surface area contributed by atoms with Gasteiger partial charge in [-0.3, -0.25) is 4.79 Å². The Balaban J connectivity index is 1.85. The maximum Gasteiger partial charge on any atom is 0.248 e. The molecular weight excluding hydrogens is 430 g/mol. The number of aryl methyl sites for hydroxylation is 1. The molecule has 0 radical (unpaired) electrons. The monoisotopic (exact) mass is 454 g/mol. The van der Waals surface area contributed by atoms with E-state index in [1.807, 2.05) is 6.92 Å². The van der Waals surface area contributed by atoms with Gasteiger partial charge >= 0.3 is 0 Å². The Morgan fingerprint density at radius 1 is 1.36 bits per heavy atom. The fourth-order valence-corrected chi connectivity index (χ4v) is 4.53. The summed E-state index contributed by atoms with van der Waals surface area (Å²) < 4.78 is 38.0. The molecule has 0 saturated heterocycles. The van der Waals surface area contributed by atoms with E-state index >= 15 is 0 Å². The number of carbonyl (C=O) groups excluding carboxylic acids is 1. The highest BCUT2D eigenvalue weighted by Crippen LogP contribution is 2.49. The quantitative estimate of drug-likeness (QED) is 0.682. The number of fused-ring (bicyclic) bond motifs is 1. The van der Waals surface area contributed by atoms with Crippen molar-refractivity contribution >= 4 is 11.6 Å². The number of hydrogen-bond donors (Lipinski definition) is 2. The Kier molecular flexibility index (Phi) is 5.70. The lowest BCUT2D eigenvalue weighted by molar-refractivity contribution is -0.119. The van der Waals surface area contributed by atoms with Crippen molar-refractivity contribution in [3.8, 4) is 17.7 Å². The van der Waals surface area contributed by atoms with Crippen LogP contribution < -0.4 is 20.5 Å². The molecule has 1 fully saturated rings. The van der Waals surface area contributed by atoms with Crippen LogP contribution in [-0.2, 0) is 4.79 Å². The summed E-state index contributed by atoms with van der Waals surface area (Å²) in [5, 5.41) is 12.5. The number of carbonyl (C=O) groups is 1. The fraction of sp³-hybridized carbons (Fsp3) is 0.375. The molecule has 0 bridgehead atoms. The minimum Gasteiger partial charge on any atom is -0.496 e. The number of methoxy groups -OCH3 is 1. The van der Waals surface area contributed by atoms with E-state index in [0.29, 0.717) is 39.4 Å². The average molecular weight is 454 g/mol. The molecule has 1 saturated carbocycles. The van der Waals surface area contributed by atoms with Gasteiger partial charge in [0.25, 0.3) is 0 Å². The highest BCUT2D eigenvalue weighted by Gasteiger charge is 2.46. The zero-order chi connectivity index (χ0) is 23.9. The van der Waals surface area contributed by atoms with Crippen LogP contribution in [0.15, 0.2) is 35.7 Å². The number of benzene rings is 1. The topological polar surface area (TPSA) is 110 Å². The molecule has 1 aromatic carbocycles. The minimum absolute atomic E-state index is 0.0872. The van der Waals surface area contributed by atoms with E-state index in [4.69, 9.17) is 15.2 Å². The van der Waals surface area contributed by atoms with Crippen LogP contribution >= 0.6 is 0 Å². The third-order valence-electron chi connectivity index (χ3n) is 6.13. The number of nitriles is 1. The van der Waals surface area contributed by atoms with Crippen LogP contribution in [0.5, 0.6) is 11.6 Å². The van der Waals surface area contributed by atoms with Crippen LogP contribution in [0.3, 0.4) is 0 Å². The summed E-state index contributed by atoms with van der Waals surface area (Å²) in [5.74, 6) is -3.59. The third kappa shape index (κ3) is 4.09. The Labute approximate surface area is 190 Å². The first kappa shape index (κ1) is 22.5. The van der Waals surface area contributed by atoms with Crippen LogP contribution in [0.4, 0.5) is 14.5 Å². The number of amides is 1. The lowest BCUT2D eigenvalue weighted by Crippen LogP contribution is -2.38. The molecular formula is C24H24F2N4O3. The van der Waals surface area contributed by atoms with E-state index in [-0.39, 0.29) is 31.2 Å². The SMILES string of the molecule is COc1cc(C#N)ccc1[C@H]1C(C(N)=O)=C(C)Nc2c(C)cnc(OCC3CC(F)(F)C3)c21. The lowest BCUT2D eigenvalue weighted by atomic mass is 9.79. The molecule has 0 unspecified atom stereocenters. The number of hydrogen-bond acceptors (Lipinski definition) is 6. The van der Waals surface area contributed by atoms with E-state index in [9.17, 15) is 18.8 Å². The summed E-state index contributed by atoms with van der Waals surface area (Å²) in [4.78, 5) is 17.0. The van der Waals surface area contributed by atoms with Gasteiger partial charge in [0.2, 0.25) is 17.7 Å². The summed E-state index contributed by atoms with van der Waals surface area (Å²) in [6.45, 7) is 3.71.